The lowest BCUT2D eigenvalue weighted by Crippen LogP contribution is -2.44. The van der Waals surface area contributed by atoms with Gasteiger partial charge in [-0.05, 0) is 31.7 Å². The van der Waals surface area contributed by atoms with Crippen LogP contribution in [0.25, 0.3) is 0 Å². The molecule has 1 aromatic rings. The maximum atomic E-state index is 6.21. The summed E-state index contributed by atoms with van der Waals surface area (Å²) in [5.41, 5.74) is 1.15. The van der Waals surface area contributed by atoms with Crippen molar-refractivity contribution >= 4 is 0 Å². The predicted molar refractivity (Wildman–Crippen MR) is 81.7 cm³/mol. The van der Waals surface area contributed by atoms with Gasteiger partial charge < -0.3 is 19.5 Å². The molecule has 1 spiro atoms. The first kappa shape index (κ1) is 14.8. The lowest BCUT2D eigenvalue weighted by atomic mass is 9.91. The fourth-order valence-electron chi connectivity index (χ4n) is 3.16. The second-order valence-electron chi connectivity index (χ2n) is 6.15. The van der Waals surface area contributed by atoms with Gasteiger partial charge in [-0.1, -0.05) is 12.1 Å². The fraction of sp³-hybridized carbons (Fsp3) is 0.647. The Morgan fingerprint density at radius 2 is 2.29 bits per heavy atom. The number of rotatable bonds is 4. The van der Waals surface area contributed by atoms with E-state index in [0.717, 1.165) is 38.2 Å². The normalized spacial score (nSPS) is 30.5. The Balaban J connectivity index is 1.66. The summed E-state index contributed by atoms with van der Waals surface area (Å²) in [5, 5.41) is 3.26. The molecule has 3 rings (SSSR count). The molecule has 0 aliphatic carbocycles. The Kier molecular flexibility index (Phi) is 4.48. The van der Waals surface area contributed by atoms with Crippen molar-refractivity contribution < 1.29 is 14.2 Å². The molecule has 2 heterocycles. The third kappa shape index (κ3) is 3.39. The molecule has 2 saturated heterocycles. The van der Waals surface area contributed by atoms with Crippen LogP contribution in [0.15, 0.2) is 24.3 Å². The van der Waals surface area contributed by atoms with Crippen molar-refractivity contribution in [3.8, 4) is 5.75 Å². The van der Waals surface area contributed by atoms with Gasteiger partial charge in [-0.25, -0.2) is 0 Å². The maximum absolute atomic E-state index is 6.21. The number of hydrogen-bond donors (Lipinski definition) is 1. The van der Waals surface area contributed by atoms with Gasteiger partial charge in [-0.3, -0.25) is 0 Å². The summed E-state index contributed by atoms with van der Waals surface area (Å²) in [6.07, 6.45) is 3.09. The van der Waals surface area contributed by atoms with E-state index in [4.69, 9.17) is 14.2 Å². The van der Waals surface area contributed by atoms with E-state index in [1.165, 1.54) is 5.56 Å². The first-order valence-electron chi connectivity index (χ1n) is 7.86. The summed E-state index contributed by atoms with van der Waals surface area (Å²) >= 11 is 0. The summed E-state index contributed by atoms with van der Waals surface area (Å²) in [6.45, 7) is 4.44. The van der Waals surface area contributed by atoms with E-state index in [0.29, 0.717) is 12.6 Å². The highest BCUT2D eigenvalue weighted by Crippen LogP contribution is 2.34. The lowest BCUT2D eigenvalue weighted by molar-refractivity contribution is -0.112. The smallest absolute Gasteiger partial charge is 0.120 e. The Morgan fingerprint density at radius 3 is 3.05 bits per heavy atom. The van der Waals surface area contributed by atoms with Crippen molar-refractivity contribution in [2.75, 3.05) is 26.9 Å². The molecule has 4 nitrogen and oxygen atoms in total. The zero-order valence-corrected chi connectivity index (χ0v) is 12.9. The van der Waals surface area contributed by atoms with Gasteiger partial charge in [0, 0.05) is 31.9 Å². The van der Waals surface area contributed by atoms with Gasteiger partial charge in [0.25, 0.3) is 0 Å². The van der Waals surface area contributed by atoms with Gasteiger partial charge in [0.2, 0.25) is 0 Å². The quantitative estimate of drug-likeness (QED) is 0.926. The van der Waals surface area contributed by atoms with Crippen molar-refractivity contribution in [3.63, 3.8) is 0 Å². The van der Waals surface area contributed by atoms with Crippen LogP contribution in [-0.4, -0.2) is 38.6 Å². The molecular weight excluding hydrogens is 266 g/mol. The van der Waals surface area contributed by atoms with Gasteiger partial charge in [-0.15, -0.1) is 0 Å². The zero-order valence-electron chi connectivity index (χ0n) is 12.9. The highest BCUT2D eigenvalue weighted by molar-refractivity contribution is 5.30. The van der Waals surface area contributed by atoms with Crippen LogP contribution in [0, 0.1) is 0 Å². The minimum atomic E-state index is -0.0984. The van der Waals surface area contributed by atoms with Crippen molar-refractivity contribution in [2.45, 2.75) is 43.9 Å². The number of ether oxygens (including phenoxy) is 3. The summed E-state index contributed by atoms with van der Waals surface area (Å²) in [7, 11) is 1.97. The standard InChI is InChI=1S/C17H25NO3/c1-13(18-2)14-4-3-5-15(10-14)21-16-6-8-20-17(11-16)7-9-19-12-17/h3-5,10,13,16,18H,6-9,11-12H2,1-2H3. The molecule has 21 heavy (non-hydrogen) atoms. The average Bonchev–Trinajstić information content (AvgIpc) is 2.94. The molecule has 1 N–H and O–H groups in total. The Bertz CT molecular complexity index is 471. The highest BCUT2D eigenvalue weighted by Gasteiger charge is 2.41. The number of nitrogens with one attached hydrogen (secondary N) is 1. The molecule has 2 aliphatic heterocycles. The highest BCUT2D eigenvalue weighted by atomic mass is 16.6. The van der Waals surface area contributed by atoms with Gasteiger partial charge in [0.1, 0.15) is 11.9 Å². The van der Waals surface area contributed by atoms with Crippen molar-refractivity contribution in [1.29, 1.82) is 0 Å². The molecule has 2 aliphatic rings. The van der Waals surface area contributed by atoms with Crippen LogP contribution in [0.5, 0.6) is 5.75 Å². The van der Waals surface area contributed by atoms with Gasteiger partial charge >= 0.3 is 0 Å². The largest absolute Gasteiger partial charge is 0.490 e. The van der Waals surface area contributed by atoms with E-state index in [1.807, 2.05) is 13.1 Å². The molecular formula is C17H25NO3. The van der Waals surface area contributed by atoms with Crippen LogP contribution in [-0.2, 0) is 9.47 Å². The number of benzene rings is 1. The second kappa shape index (κ2) is 6.34. The molecule has 0 amide bonds. The minimum Gasteiger partial charge on any atom is -0.490 e. The predicted octanol–water partition coefficient (Wildman–Crippen LogP) is 2.68. The van der Waals surface area contributed by atoms with E-state index in [1.54, 1.807) is 0 Å². The van der Waals surface area contributed by atoms with Crippen LogP contribution in [0.1, 0.15) is 37.8 Å². The monoisotopic (exact) mass is 291 g/mol. The topological polar surface area (TPSA) is 39.7 Å². The summed E-state index contributed by atoms with van der Waals surface area (Å²) in [6, 6.07) is 8.70. The molecule has 3 unspecified atom stereocenters. The van der Waals surface area contributed by atoms with E-state index in [-0.39, 0.29) is 11.7 Å². The summed E-state index contributed by atoms with van der Waals surface area (Å²) < 4.78 is 17.7. The van der Waals surface area contributed by atoms with Gasteiger partial charge in [0.05, 0.1) is 18.8 Å². The number of hydrogen-bond acceptors (Lipinski definition) is 4. The molecule has 2 fully saturated rings. The first-order chi connectivity index (χ1) is 10.2. The molecule has 3 atom stereocenters. The van der Waals surface area contributed by atoms with Gasteiger partial charge in [-0.2, -0.15) is 0 Å². The summed E-state index contributed by atoms with van der Waals surface area (Å²) in [4.78, 5) is 0. The molecule has 0 bridgehead atoms. The van der Waals surface area contributed by atoms with Crippen molar-refractivity contribution in [3.05, 3.63) is 29.8 Å². The van der Waals surface area contributed by atoms with Crippen molar-refractivity contribution in [1.82, 2.24) is 5.32 Å². The molecule has 1 aromatic carbocycles. The lowest BCUT2D eigenvalue weighted by Gasteiger charge is -2.37. The molecule has 0 radical (unpaired) electrons. The van der Waals surface area contributed by atoms with E-state index in [2.05, 4.69) is 30.4 Å². The minimum absolute atomic E-state index is 0.0984. The Hall–Kier alpha value is -1.10. The van der Waals surface area contributed by atoms with Crippen LogP contribution >= 0.6 is 0 Å². The fourth-order valence-corrected chi connectivity index (χ4v) is 3.16. The third-order valence-corrected chi connectivity index (χ3v) is 4.61. The summed E-state index contributed by atoms with van der Waals surface area (Å²) in [5.74, 6) is 0.954. The second-order valence-corrected chi connectivity index (χ2v) is 6.15. The van der Waals surface area contributed by atoms with Crippen molar-refractivity contribution in [2.24, 2.45) is 0 Å². The molecule has 0 saturated carbocycles. The van der Waals surface area contributed by atoms with Crippen LogP contribution < -0.4 is 10.1 Å². The van der Waals surface area contributed by atoms with Gasteiger partial charge in [0.15, 0.2) is 0 Å². The maximum Gasteiger partial charge on any atom is 0.120 e. The third-order valence-electron chi connectivity index (χ3n) is 4.61. The van der Waals surface area contributed by atoms with Crippen LogP contribution in [0.4, 0.5) is 0 Å². The van der Waals surface area contributed by atoms with Crippen LogP contribution in [0.3, 0.4) is 0 Å². The first-order valence-corrected chi connectivity index (χ1v) is 7.86. The molecule has 0 aromatic heterocycles. The molecule has 4 heteroatoms. The SMILES string of the molecule is CNC(C)c1cccc(OC2CCOC3(CCOC3)C2)c1. The van der Waals surface area contributed by atoms with E-state index in [9.17, 15) is 0 Å². The molecule has 116 valence electrons. The zero-order chi connectivity index (χ0) is 14.7. The van der Waals surface area contributed by atoms with E-state index < -0.39 is 0 Å². The average molecular weight is 291 g/mol. The van der Waals surface area contributed by atoms with E-state index >= 15 is 0 Å². The Labute approximate surface area is 126 Å². The Morgan fingerprint density at radius 1 is 1.38 bits per heavy atom. The van der Waals surface area contributed by atoms with Crippen LogP contribution in [0.2, 0.25) is 0 Å².